The third kappa shape index (κ3) is 4.52. The van der Waals surface area contributed by atoms with Crippen LogP contribution in [0.1, 0.15) is 39.0 Å². The summed E-state index contributed by atoms with van der Waals surface area (Å²) in [7, 11) is 0. The molecule has 0 bridgehead atoms. The highest BCUT2D eigenvalue weighted by Gasteiger charge is 2.20. The van der Waals surface area contributed by atoms with Crippen LogP contribution in [0.2, 0.25) is 0 Å². The molecule has 9 heteroatoms. The summed E-state index contributed by atoms with van der Waals surface area (Å²) in [5, 5.41) is 7.70. The Morgan fingerprint density at radius 3 is 2.78 bits per heavy atom. The first-order valence-corrected chi connectivity index (χ1v) is 10.2. The maximum absolute atomic E-state index is 12.7. The average Bonchev–Trinajstić information content (AvgIpc) is 3.30. The molecule has 0 aromatic carbocycles. The number of anilines is 1. The first kappa shape index (κ1) is 19.9. The number of aryl methyl sites for hydroxylation is 1. The van der Waals surface area contributed by atoms with E-state index < -0.39 is 0 Å². The number of nitrogens with one attached hydrogen (secondary N) is 2. The number of piperidine rings is 1. The summed E-state index contributed by atoms with van der Waals surface area (Å²) in [5.41, 5.74) is 1.49. The molecule has 4 heterocycles. The summed E-state index contributed by atoms with van der Waals surface area (Å²) in [6.45, 7) is 3.93. The minimum atomic E-state index is -0.159. The molecular weight excluding hydrogens is 402 g/mol. The number of carbonyl (C=O) groups excluding carboxylic acids is 1. The van der Waals surface area contributed by atoms with Crippen LogP contribution in [-0.2, 0) is 0 Å². The second-order valence-corrected chi connectivity index (χ2v) is 8.26. The molecule has 4 rings (SSSR count). The molecule has 0 saturated carbocycles. The number of amides is 1. The van der Waals surface area contributed by atoms with Gasteiger partial charge in [0.2, 0.25) is 0 Å². The summed E-state index contributed by atoms with van der Waals surface area (Å²) >= 11 is 2.93. The average molecular weight is 422 g/mol. The Balaban J connectivity index is 0.00000210. The van der Waals surface area contributed by atoms with Gasteiger partial charge >= 0.3 is 0 Å². The van der Waals surface area contributed by atoms with Crippen molar-refractivity contribution >= 4 is 46.1 Å². The minimum absolute atomic E-state index is 0. The topological polar surface area (TPSA) is 79.8 Å². The lowest BCUT2D eigenvalue weighted by Crippen LogP contribution is -2.26. The molecule has 1 aliphatic rings. The van der Waals surface area contributed by atoms with Gasteiger partial charge in [-0.25, -0.2) is 9.97 Å². The van der Waals surface area contributed by atoms with E-state index in [0.29, 0.717) is 21.6 Å². The van der Waals surface area contributed by atoms with Gasteiger partial charge in [-0.3, -0.25) is 15.1 Å². The van der Waals surface area contributed by atoms with Crippen LogP contribution in [0.5, 0.6) is 0 Å². The molecular formula is C18H20ClN5OS2. The van der Waals surface area contributed by atoms with E-state index >= 15 is 0 Å². The smallest absolute Gasteiger partial charge is 0.269 e. The zero-order valence-electron chi connectivity index (χ0n) is 14.8. The van der Waals surface area contributed by atoms with Crippen molar-refractivity contribution in [1.29, 1.82) is 0 Å². The monoisotopic (exact) mass is 421 g/mol. The Hall–Kier alpha value is -1.87. The quantitative estimate of drug-likeness (QED) is 0.662. The van der Waals surface area contributed by atoms with Gasteiger partial charge in [0.05, 0.1) is 11.4 Å². The number of pyridine rings is 1. The van der Waals surface area contributed by atoms with Crippen molar-refractivity contribution in [2.45, 2.75) is 25.7 Å². The van der Waals surface area contributed by atoms with E-state index in [1.807, 2.05) is 31.3 Å². The summed E-state index contributed by atoms with van der Waals surface area (Å²) in [5.74, 6) is 0.383. The van der Waals surface area contributed by atoms with Crippen LogP contribution in [0.25, 0.3) is 10.7 Å². The normalized spacial score (nSPS) is 14.6. The van der Waals surface area contributed by atoms with Crippen molar-refractivity contribution in [3.05, 3.63) is 46.0 Å². The zero-order chi connectivity index (χ0) is 17.9. The van der Waals surface area contributed by atoms with Gasteiger partial charge in [0, 0.05) is 17.3 Å². The summed E-state index contributed by atoms with van der Waals surface area (Å²) in [6.07, 6.45) is 5.87. The highest BCUT2D eigenvalue weighted by Crippen LogP contribution is 2.32. The van der Waals surface area contributed by atoms with Crippen LogP contribution in [0.4, 0.5) is 5.13 Å². The van der Waals surface area contributed by atoms with Crippen molar-refractivity contribution in [3.63, 3.8) is 0 Å². The van der Waals surface area contributed by atoms with E-state index in [-0.39, 0.29) is 18.3 Å². The maximum atomic E-state index is 12.7. The van der Waals surface area contributed by atoms with E-state index in [1.165, 1.54) is 16.2 Å². The Bertz CT molecular complexity index is 906. The van der Waals surface area contributed by atoms with Crippen LogP contribution in [0, 0.1) is 6.92 Å². The molecule has 0 aliphatic carbocycles. The van der Waals surface area contributed by atoms with E-state index in [4.69, 9.17) is 0 Å². The molecule has 6 nitrogen and oxygen atoms in total. The van der Waals surface area contributed by atoms with Crippen LogP contribution in [-0.4, -0.2) is 33.9 Å². The standard InChI is InChI=1S/C18H19N5OS2.ClH/c1-11-15(26-17(22-11)13-4-2-3-7-20-13)16(24)23-18-21-10-14(25-18)12-5-8-19-9-6-12;/h2-4,7,10,12,19H,5-6,8-9H2,1H3,(H,21,23,24);1H. The maximum Gasteiger partial charge on any atom is 0.269 e. The zero-order valence-corrected chi connectivity index (χ0v) is 17.2. The van der Waals surface area contributed by atoms with Gasteiger partial charge in [0.25, 0.3) is 5.91 Å². The number of nitrogens with zero attached hydrogens (tertiary/aromatic N) is 3. The number of aromatic nitrogens is 3. The summed E-state index contributed by atoms with van der Waals surface area (Å²) in [6, 6.07) is 5.67. The van der Waals surface area contributed by atoms with E-state index in [9.17, 15) is 4.79 Å². The second kappa shape index (κ2) is 8.88. The number of carbonyl (C=O) groups is 1. The fourth-order valence-corrected chi connectivity index (χ4v) is 4.92. The van der Waals surface area contributed by atoms with Crippen molar-refractivity contribution < 1.29 is 4.79 Å². The second-order valence-electron chi connectivity index (χ2n) is 6.19. The molecule has 27 heavy (non-hydrogen) atoms. The molecule has 0 unspecified atom stereocenters. The molecule has 1 amide bonds. The third-order valence-electron chi connectivity index (χ3n) is 4.37. The SMILES string of the molecule is Cc1nc(-c2ccccn2)sc1C(=O)Nc1ncc(C2CCNCC2)s1.Cl. The lowest BCUT2D eigenvalue weighted by atomic mass is 9.97. The predicted molar refractivity (Wildman–Crippen MR) is 112 cm³/mol. The van der Waals surface area contributed by atoms with Crippen molar-refractivity contribution in [3.8, 4) is 10.7 Å². The van der Waals surface area contributed by atoms with Gasteiger partial charge in [-0.05, 0) is 50.9 Å². The highest BCUT2D eigenvalue weighted by atomic mass is 35.5. The molecule has 1 fully saturated rings. The molecule has 3 aromatic heterocycles. The van der Waals surface area contributed by atoms with Crippen LogP contribution < -0.4 is 10.6 Å². The first-order chi connectivity index (χ1) is 12.7. The third-order valence-corrected chi connectivity index (χ3v) is 6.63. The van der Waals surface area contributed by atoms with E-state index in [1.54, 1.807) is 17.5 Å². The molecule has 0 atom stereocenters. The van der Waals surface area contributed by atoms with Crippen LogP contribution in [0.3, 0.4) is 0 Å². The summed E-state index contributed by atoms with van der Waals surface area (Å²) in [4.78, 5) is 27.7. The van der Waals surface area contributed by atoms with Gasteiger partial charge in [-0.1, -0.05) is 6.07 Å². The van der Waals surface area contributed by atoms with Crippen LogP contribution in [0.15, 0.2) is 30.6 Å². The van der Waals surface area contributed by atoms with Crippen molar-refractivity contribution in [1.82, 2.24) is 20.3 Å². The number of hydrogen-bond acceptors (Lipinski definition) is 7. The predicted octanol–water partition coefficient (Wildman–Crippen LogP) is 4.11. The Kier molecular flexibility index (Phi) is 6.54. The van der Waals surface area contributed by atoms with Gasteiger partial charge in [-0.15, -0.1) is 35.1 Å². The molecule has 0 spiro atoms. The van der Waals surface area contributed by atoms with Crippen molar-refractivity contribution in [2.24, 2.45) is 0 Å². The van der Waals surface area contributed by atoms with Gasteiger partial charge in [0.1, 0.15) is 9.88 Å². The van der Waals surface area contributed by atoms with Crippen molar-refractivity contribution in [2.75, 3.05) is 18.4 Å². The lowest BCUT2D eigenvalue weighted by Gasteiger charge is -2.20. The molecule has 3 aromatic rings. The molecule has 1 saturated heterocycles. The fourth-order valence-electron chi connectivity index (χ4n) is 3.00. The van der Waals surface area contributed by atoms with Gasteiger partial charge in [0.15, 0.2) is 5.13 Å². The minimum Gasteiger partial charge on any atom is -0.317 e. The lowest BCUT2D eigenvalue weighted by molar-refractivity contribution is 0.103. The largest absolute Gasteiger partial charge is 0.317 e. The van der Waals surface area contributed by atoms with Gasteiger partial charge in [-0.2, -0.15) is 0 Å². The van der Waals surface area contributed by atoms with Crippen LogP contribution >= 0.6 is 35.1 Å². The first-order valence-electron chi connectivity index (χ1n) is 8.57. The Labute approximate surface area is 171 Å². The number of hydrogen-bond donors (Lipinski definition) is 2. The number of halogens is 1. The summed E-state index contributed by atoms with van der Waals surface area (Å²) < 4.78 is 0. The number of thiazole rings is 2. The van der Waals surface area contributed by atoms with E-state index in [2.05, 4.69) is 25.6 Å². The van der Waals surface area contributed by atoms with Gasteiger partial charge < -0.3 is 5.32 Å². The fraction of sp³-hybridized carbons (Fsp3) is 0.333. The molecule has 2 N–H and O–H groups in total. The molecule has 1 aliphatic heterocycles. The Morgan fingerprint density at radius 1 is 1.22 bits per heavy atom. The number of rotatable bonds is 4. The van der Waals surface area contributed by atoms with E-state index in [0.717, 1.165) is 36.6 Å². The Morgan fingerprint density at radius 2 is 2.04 bits per heavy atom. The highest BCUT2D eigenvalue weighted by molar-refractivity contribution is 7.17. The molecule has 0 radical (unpaired) electrons. The molecule has 142 valence electrons.